The fourth-order valence-electron chi connectivity index (χ4n) is 2.93. The maximum Gasteiger partial charge on any atom is 0.244 e. The van der Waals surface area contributed by atoms with Crippen LogP contribution in [0.2, 0.25) is 0 Å². The Balaban J connectivity index is 1.99. The largest absolute Gasteiger partial charge is 0.343 e. The summed E-state index contributed by atoms with van der Waals surface area (Å²) in [5, 5.41) is 2.68. The number of likely N-dealkylation sites (N-methyl/N-ethyl adjacent to an activating group) is 1. The highest BCUT2D eigenvalue weighted by atomic mass is 19.1. The summed E-state index contributed by atoms with van der Waals surface area (Å²) in [6, 6.07) is 4.83. The molecule has 1 aromatic rings. The Morgan fingerprint density at radius 2 is 1.88 bits per heavy atom. The molecule has 26 heavy (non-hydrogen) atoms. The van der Waals surface area contributed by atoms with E-state index in [4.69, 9.17) is 0 Å². The molecule has 0 aliphatic carbocycles. The third-order valence-corrected chi connectivity index (χ3v) is 4.67. The molecule has 1 aromatic carbocycles. The minimum atomic E-state index is -0.307. The van der Waals surface area contributed by atoms with Gasteiger partial charge in [0.2, 0.25) is 11.8 Å². The van der Waals surface area contributed by atoms with Crippen LogP contribution < -0.4 is 5.32 Å². The van der Waals surface area contributed by atoms with E-state index in [1.54, 1.807) is 24.0 Å². The Morgan fingerprint density at radius 3 is 2.46 bits per heavy atom. The zero-order chi connectivity index (χ0) is 19.3. The van der Waals surface area contributed by atoms with Crippen molar-refractivity contribution < 1.29 is 14.0 Å². The van der Waals surface area contributed by atoms with Crippen molar-refractivity contribution in [3.05, 3.63) is 41.2 Å². The van der Waals surface area contributed by atoms with Gasteiger partial charge in [0.05, 0.1) is 6.54 Å². The summed E-state index contributed by atoms with van der Waals surface area (Å²) in [5.74, 6) is -0.542. The lowest BCUT2D eigenvalue weighted by atomic mass is 9.93. The quantitative estimate of drug-likeness (QED) is 0.817. The van der Waals surface area contributed by atoms with Crippen molar-refractivity contribution in [3.8, 4) is 0 Å². The van der Waals surface area contributed by atoms with E-state index in [1.807, 2.05) is 20.9 Å². The third kappa shape index (κ3) is 5.39. The number of aryl methyl sites for hydroxylation is 1. The van der Waals surface area contributed by atoms with Gasteiger partial charge in [-0.3, -0.25) is 9.59 Å². The second-order valence-corrected chi connectivity index (χ2v) is 7.12. The van der Waals surface area contributed by atoms with Crippen LogP contribution >= 0.6 is 0 Å². The van der Waals surface area contributed by atoms with Crippen LogP contribution in [-0.2, 0) is 9.59 Å². The Bertz CT molecular complexity index is 692. The summed E-state index contributed by atoms with van der Waals surface area (Å²) in [6.07, 6.45) is 1.51. The summed E-state index contributed by atoms with van der Waals surface area (Å²) in [4.78, 5) is 28.4. The van der Waals surface area contributed by atoms with Crippen LogP contribution in [0, 0.1) is 18.7 Å². The van der Waals surface area contributed by atoms with Gasteiger partial charge >= 0.3 is 0 Å². The summed E-state index contributed by atoms with van der Waals surface area (Å²) in [7, 11) is 2.03. The zero-order valence-corrected chi connectivity index (χ0v) is 16.0. The fourth-order valence-corrected chi connectivity index (χ4v) is 2.93. The summed E-state index contributed by atoms with van der Waals surface area (Å²) in [5.41, 5.74) is 2.18. The minimum absolute atomic E-state index is 0.00707. The van der Waals surface area contributed by atoms with Gasteiger partial charge in [0.25, 0.3) is 0 Å². The molecule has 6 heteroatoms. The molecular formula is C20H28FN3O2. The van der Waals surface area contributed by atoms with E-state index in [0.29, 0.717) is 18.7 Å². The lowest BCUT2D eigenvalue weighted by Gasteiger charge is -2.32. The average molecular weight is 361 g/mol. The Kier molecular flexibility index (Phi) is 6.91. The smallest absolute Gasteiger partial charge is 0.244 e. The molecule has 5 nitrogen and oxygen atoms in total. The first-order valence-electron chi connectivity index (χ1n) is 9.00. The monoisotopic (exact) mass is 361 g/mol. The molecule has 1 aliphatic rings. The first-order chi connectivity index (χ1) is 12.3. The number of nitrogens with zero attached hydrogens (tertiary/aromatic N) is 2. The van der Waals surface area contributed by atoms with E-state index in [9.17, 15) is 14.0 Å². The van der Waals surface area contributed by atoms with Gasteiger partial charge in [-0.05, 0) is 48.7 Å². The van der Waals surface area contributed by atoms with Crippen molar-refractivity contribution in [2.75, 3.05) is 39.8 Å². The number of rotatable bonds is 5. The summed E-state index contributed by atoms with van der Waals surface area (Å²) < 4.78 is 13.5. The van der Waals surface area contributed by atoms with Crippen LogP contribution in [0.1, 0.15) is 25.0 Å². The molecule has 0 spiro atoms. The topological polar surface area (TPSA) is 52.7 Å². The van der Waals surface area contributed by atoms with Gasteiger partial charge in [-0.15, -0.1) is 0 Å². The predicted molar refractivity (Wildman–Crippen MR) is 101 cm³/mol. The number of allylic oxidation sites excluding steroid dienone is 1. The lowest BCUT2D eigenvalue weighted by Crippen LogP contribution is -2.49. The first kappa shape index (κ1) is 20.1. The molecule has 0 aromatic heterocycles. The maximum atomic E-state index is 13.5. The molecule has 1 fully saturated rings. The minimum Gasteiger partial charge on any atom is -0.343 e. The third-order valence-electron chi connectivity index (χ3n) is 4.67. The number of hydrogen-bond acceptors (Lipinski definition) is 3. The molecule has 2 amide bonds. The van der Waals surface area contributed by atoms with Crippen molar-refractivity contribution in [1.82, 2.24) is 15.1 Å². The molecule has 0 saturated carbocycles. The van der Waals surface area contributed by atoms with Gasteiger partial charge in [-0.1, -0.05) is 19.9 Å². The fraction of sp³-hybridized carbons (Fsp3) is 0.500. The van der Waals surface area contributed by atoms with Gasteiger partial charge < -0.3 is 15.1 Å². The van der Waals surface area contributed by atoms with Crippen LogP contribution in [0.25, 0.3) is 5.57 Å². The summed E-state index contributed by atoms with van der Waals surface area (Å²) >= 11 is 0. The highest BCUT2D eigenvalue weighted by molar-refractivity contribution is 5.97. The number of halogens is 1. The van der Waals surface area contributed by atoms with E-state index in [1.165, 1.54) is 12.1 Å². The van der Waals surface area contributed by atoms with E-state index in [2.05, 4.69) is 10.2 Å². The van der Waals surface area contributed by atoms with Crippen molar-refractivity contribution in [1.29, 1.82) is 0 Å². The number of piperazine rings is 1. The van der Waals surface area contributed by atoms with Gasteiger partial charge in [-0.25, -0.2) is 4.39 Å². The SMILES string of the molecule is Cc1cc(/C(=C/C(=O)NCC(=O)N2CCN(C)CC2)C(C)C)ccc1F. The zero-order valence-electron chi connectivity index (χ0n) is 16.0. The maximum absolute atomic E-state index is 13.5. The van der Waals surface area contributed by atoms with Gasteiger partial charge in [0, 0.05) is 32.3 Å². The standard InChI is InChI=1S/C20H28FN3O2/c1-14(2)17(16-5-6-18(21)15(3)11-16)12-19(25)22-13-20(26)24-9-7-23(4)8-10-24/h5-6,11-12,14H,7-10,13H2,1-4H3,(H,22,25)/b17-12+. The lowest BCUT2D eigenvalue weighted by molar-refractivity contribution is -0.133. The predicted octanol–water partition coefficient (Wildman–Crippen LogP) is 2.06. The Hall–Kier alpha value is -2.21. The van der Waals surface area contributed by atoms with Crippen LogP contribution in [-0.4, -0.2) is 61.4 Å². The molecule has 1 saturated heterocycles. The molecule has 0 atom stereocenters. The molecule has 1 aliphatic heterocycles. The van der Waals surface area contributed by atoms with E-state index in [0.717, 1.165) is 24.2 Å². The van der Waals surface area contributed by atoms with Crippen molar-refractivity contribution in [2.45, 2.75) is 20.8 Å². The van der Waals surface area contributed by atoms with E-state index >= 15 is 0 Å². The number of carbonyl (C=O) groups is 2. The van der Waals surface area contributed by atoms with Gasteiger partial charge in [0.1, 0.15) is 5.82 Å². The van der Waals surface area contributed by atoms with Gasteiger partial charge in [-0.2, -0.15) is 0 Å². The van der Waals surface area contributed by atoms with Crippen molar-refractivity contribution in [2.24, 2.45) is 5.92 Å². The van der Waals surface area contributed by atoms with E-state index in [-0.39, 0.29) is 30.1 Å². The van der Waals surface area contributed by atoms with Crippen LogP contribution in [0.4, 0.5) is 4.39 Å². The molecule has 0 unspecified atom stereocenters. The number of nitrogens with one attached hydrogen (secondary N) is 1. The molecule has 1 heterocycles. The highest BCUT2D eigenvalue weighted by Gasteiger charge is 2.19. The Labute approximate surface area is 154 Å². The average Bonchev–Trinajstić information content (AvgIpc) is 2.60. The van der Waals surface area contributed by atoms with Crippen LogP contribution in [0.3, 0.4) is 0 Å². The van der Waals surface area contributed by atoms with Crippen molar-refractivity contribution >= 4 is 17.4 Å². The molecular weight excluding hydrogens is 333 g/mol. The first-order valence-corrected chi connectivity index (χ1v) is 9.00. The van der Waals surface area contributed by atoms with Crippen molar-refractivity contribution in [3.63, 3.8) is 0 Å². The van der Waals surface area contributed by atoms with E-state index < -0.39 is 0 Å². The molecule has 2 rings (SSSR count). The van der Waals surface area contributed by atoms with Crippen LogP contribution in [0.15, 0.2) is 24.3 Å². The second kappa shape index (κ2) is 8.94. The summed E-state index contributed by atoms with van der Waals surface area (Å²) in [6.45, 7) is 8.72. The van der Waals surface area contributed by atoms with Crippen LogP contribution in [0.5, 0.6) is 0 Å². The normalized spacial score (nSPS) is 16.1. The molecule has 0 bridgehead atoms. The highest BCUT2D eigenvalue weighted by Crippen LogP contribution is 2.24. The Morgan fingerprint density at radius 1 is 1.23 bits per heavy atom. The second-order valence-electron chi connectivity index (χ2n) is 7.12. The molecule has 1 N–H and O–H groups in total. The number of benzene rings is 1. The molecule has 142 valence electrons. The number of hydrogen-bond donors (Lipinski definition) is 1. The van der Waals surface area contributed by atoms with Gasteiger partial charge in [0.15, 0.2) is 0 Å². The number of carbonyl (C=O) groups excluding carboxylic acids is 2. The number of amides is 2. The molecule has 0 radical (unpaired) electrons.